The summed E-state index contributed by atoms with van der Waals surface area (Å²) in [5, 5.41) is 10.9. The fraction of sp³-hybridized carbons (Fsp3) is 0.350. The second-order valence-corrected chi connectivity index (χ2v) is 9.10. The number of nitro benzene ring substituents is 1. The Morgan fingerprint density at radius 3 is 2.39 bits per heavy atom. The first-order chi connectivity index (χ1) is 14.9. The fourth-order valence-electron chi connectivity index (χ4n) is 3.52. The average Bonchev–Trinajstić information content (AvgIpc) is 3.03. The van der Waals surface area contributed by atoms with Crippen LogP contribution in [0.2, 0.25) is 0 Å². The molecule has 1 amide bonds. The predicted octanol–water partition coefficient (Wildman–Crippen LogP) is 1.90. The molecule has 31 heavy (non-hydrogen) atoms. The van der Waals surface area contributed by atoms with Crippen LogP contribution in [0, 0.1) is 10.1 Å². The van der Waals surface area contributed by atoms with Gasteiger partial charge in [0.25, 0.3) is 11.6 Å². The summed E-state index contributed by atoms with van der Waals surface area (Å²) in [5.41, 5.74) is 0.0369. The van der Waals surface area contributed by atoms with Crippen molar-refractivity contribution in [2.24, 2.45) is 0 Å². The van der Waals surface area contributed by atoms with Crippen molar-refractivity contribution in [3.05, 3.63) is 58.1 Å². The maximum Gasteiger partial charge on any atom is 0.270 e. The Balaban J connectivity index is 1.46. The second-order valence-electron chi connectivity index (χ2n) is 7.16. The lowest BCUT2D eigenvalue weighted by Crippen LogP contribution is -2.50. The molecule has 0 aromatic heterocycles. The predicted molar refractivity (Wildman–Crippen MR) is 110 cm³/mol. The van der Waals surface area contributed by atoms with Gasteiger partial charge in [0.05, 0.1) is 23.0 Å². The molecule has 4 rings (SSSR count). The van der Waals surface area contributed by atoms with E-state index in [1.165, 1.54) is 45.6 Å². The van der Waals surface area contributed by atoms with Gasteiger partial charge in [0.15, 0.2) is 11.5 Å². The highest BCUT2D eigenvalue weighted by atomic mass is 32.2. The van der Waals surface area contributed by atoms with Crippen molar-refractivity contribution in [1.82, 2.24) is 9.21 Å². The van der Waals surface area contributed by atoms with Gasteiger partial charge in [0.1, 0.15) is 0 Å². The standard InChI is InChI=1S/C20H21N3O7S/c24-20(15-3-1-4-16(13-15)23(25)26)21-7-9-22(10-8-21)31(27,28)17-5-6-18-19(14-17)30-12-2-11-29-18/h1,3-6,13-14H,2,7-12H2. The lowest BCUT2D eigenvalue weighted by Gasteiger charge is -2.34. The summed E-state index contributed by atoms with van der Waals surface area (Å²) < 4.78 is 38.6. The van der Waals surface area contributed by atoms with Gasteiger partial charge in [-0.3, -0.25) is 14.9 Å². The molecule has 0 unspecified atom stereocenters. The lowest BCUT2D eigenvalue weighted by atomic mass is 10.1. The molecule has 0 saturated carbocycles. The Labute approximate surface area is 179 Å². The van der Waals surface area contributed by atoms with Crippen LogP contribution in [0.15, 0.2) is 47.4 Å². The zero-order valence-corrected chi connectivity index (χ0v) is 17.4. The highest BCUT2D eigenvalue weighted by Crippen LogP contribution is 2.33. The van der Waals surface area contributed by atoms with E-state index < -0.39 is 14.9 Å². The Hall–Kier alpha value is -3.18. The molecule has 2 aliphatic rings. The minimum Gasteiger partial charge on any atom is -0.490 e. The highest BCUT2D eigenvalue weighted by Gasteiger charge is 2.31. The van der Waals surface area contributed by atoms with Crippen LogP contribution in [0.5, 0.6) is 11.5 Å². The molecule has 0 spiro atoms. The number of sulfonamides is 1. The molecule has 2 aromatic rings. The Bertz CT molecular complexity index is 1110. The van der Waals surface area contributed by atoms with Crippen molar-refractivity contribution in [3.63, 3.8) is 0 Å². The number of nitrogens with zero attached hydrogens (tertiary/aromatic N) is 3. The van der Waals surface area contributed by atoms with Crippen LogP contribution in [-0.4, -0.2) is 67.8 Å². The number of carbonyl (C=O) groups is 1. The number of ether oxygens (including phenoxy) is 2. The summed E-state index contributed by atoms with van der Waals surface area (Å²) in [6, 6.07) is 10.1. The van der Waals surface area contributed by atoms with Gasteiger partial charge in [-0.25, -0.2) is 8.42 Å². The van der Waals surface area contributed by atoms with Gasteiger partial charge < -0.3 is 14.4 Å². The van der Waals surface area contributed by atoms with Crippen molar-refractivity contribution in [2.45, 2.75) is 11.3 Å². The summed E-state index contributed by atoms with van der Waals surface area (Å²) in [6.45, 7) is 1.58. The zero-order valence-electron chi connectivity index (χ0n) is 16.6. The third kappa shape index (κ3) is 4.32. The molecule has 2 aromatic carbocycles. The topological polar surface area (TPSA) is 119 Å². The van der Waals surface area contributed by atoms with Crippen molar-refractivity contribution in [1.29, 1.82) is 0 Å². The maximum atomic E-state index is 13.1. The number of carbonyl (C=O) groups excluding carboxylic acids is 1. The molecule has 1 saturated heterocycles. The van der Waals surface area contributed by atoms with Crippen LogP contribution in [-0.2, 0) is 10.0 Å². The fourth-order valence-corrected chi connectivity index (χ4v) is 4.96. The maximum absolute atomic E-state index is 13.1. The lowest BCUT2D eigenvalue weighted by molar-refractivity contribution is -0.384. The van der Waals surface area contributed by atoms with Gasteiger partial charge in [0.2, 0.25) is 10.0 Å². The van der Waals surface area contributed by atoms with Crippen LogP contribution in [0.25, 0.3) is 0 Å². The minimum atomic E-state index is -3.77. The molecule has 0 radical (unpaired) electrons. The molecule has 0 atom stereocenters. The first-order valence-corrected chi connectivity index (χ1v) is 11.2. The van der Waals surface area contributed by atoms with Gasteiger partial charge in [-0.15, -0.1) is 0 Å². The number of fused-ring (bicyclic) bond motifs is 1. The van der Waals surface area contributed by atoms with Gasteiger partial charge in [-0.1, -0.05) is 6.07 Å². The van der Waals surface area contributed by atoms with E-state index in [0.29, 0.717) is 24.7 Å². The van der Waals surface area contributed by atoms with E-state index in [4.69, 9.17) is 9.47 Å². The third-order valence-electron chi connectivity index (χ3n) is 5.19. The van der Waals surface area contributed by atoms with Crippen LogP contribution in [0.4, 0.5) is 5.69 Å². The molecule has 2 aliphatic heterocycles. The van der Waals surface area contributed by atoms with Gasteiger partial charge in [0, 0.05) is 56.4 Å². The molecule has 0 aliphatic carbocycles. The molecule has 164 valence electrons. The van der Waals surface area contributed by atoms with E-state index in [-0.39, 0.29) is 48.2 Å². The Morgan fingerprint density at radius 1 is 0.968 bits per heavy atom. The van der Waals surface area contributed by atoms with Crippen molar-refractivity contribution >= 4 is 21.6 Å². The van der Waals surface area contributed by atoms with E-state index in [2.05, 4.69) is 0 Å². The van der Waals surface area contributed by atoms with Gasteiger partial charge in [-0.2, -0.15) is 4.31 Å². The van der Waals surface area contributed by atoms with Crippen molar-refractivity contribution in [2.75, 3.05) is 39.4 Å². The van der Waals surface area contributed by atoms with Crippen molar-refractivity contribution < 1.29 is 27.6 Å². The van der Waals surface area contributed by atoms with E-state index in [9.17, 15) is 23.3 Å². The number of non-ortho nitro benzene ring substituents is 1. The van der Waals surface area contributed by atoms with Crippen LogP contribution in [0.3, 0.4) is 0 Å². The molecular weight excluding hydrogens is 426 g/mol. The summed E-state index contributed by atoms with van der Waals surface area (Å²) in [6.07, 6.45) is 0.720. The number of benzene rings is 2. The number of nitro groups is 1. The third-order valence-corrected chi connectivity index (χ3v) is 7.08. The largest absolute Gasteiger partial charge is 0.490 e. The first kappa shape index (κ1) is 21.1. The van der Waals surface area contributed by atoms with Gasteiger partial charge >= 0.3 is 0 Å². The van der Waals surface area contributed by atoms with E-state index >= 15 is 0 Å². The van der Waals surface area contributed by atoms with Crippen molar-refractivity contribution in [3.8, 4) is 11.5 Å². The Kier molecular flexibility index (Phi) is 5.79. The average molecular weight is 447 g/mol. The second kappa shape index (κ2) is 8.52. The monoisotopic (exact) mass is 447 g/mol. The normalized spacial score (nSPS) is 17.1. The van der Waals surface area contributed by atoms with Crippen LogP contribution in [0.1, 0.15) is 16.8 Å². The SMILES string of the molecule is O=C(c1cccc([N+](=O)[O-])c1)N1CCN(S(=O)(=O)c2ccc3c(c2)OCCCO3)CC1. The zero-order chi connectivity index (χ0) is 22.0. The number of rotatable bonds is 4. The summed E-state index contributed by atoms with van der Waals surface area (Å²) >= 11 is 0. The summed E-state index contributed by atoms with van der Waals surface area (Å²) in [4.78, 5) is 24.7. The molecule has 0 N–H and O–H groups in total. The van der Waals surface area contributed by atoms with E-state index in [1.807, 2.05) is 0 Å². The number of hydrogen-bond acceptors (Lipinski definition) is 7. The molecule has 10 nitrogen and oxygen atoms in total. The first-order valence-electron chi connectivity index (χ1n) is 9.80. The van der Waals surface area contributed by atoms with Gasteiger partial charge in [-0.05, 0) is 18.2 Å². The summed E-state index contributed by atoms with van der Waals surface area (Å²) in [7, 11) is -3.77. The molecule has 2 heterocycles. The summed E-state index contributed by atoms with van der Waals surface area (Å²) in [5.74, 6) is 0.554. The number of piperazine rings is 1. The molecule has 11 heteroatoms. The molecule has 0 bridgehead atoms. The smallest absolute Gasteiger partial charge is 0.270 e. The minimum absolute atomic E-state index is 0.107. The number of amides is 1. The van der Waals surface area contributed by atoms with Crippen LogP contribution >= 0.6 is 0 Å². The highest BCUT2D eigenvalue weighted by molar-refractivity contribution is 7.89. The molecule has 1 fully saturated rings. The quantitative estimate of drug-likeness (QED) is 0.519. The van der Waals surface area contributed by atoms with E-state index in [0.717, 1.165) is 6.42 Å². The van der Waals surface area contributed by atoms with Crippen LogP contribution < -0.4 is 9.47 Å². The number of hydrogen-bond donors (Lipinski definition) is 0. The Morgan fingerprint density at radius 2 is 1.68 bits per heavy atom. The van der Waals surface area contributed by atoms with E-state index in [1.54, 1.807) is 6.07 Å². The molecular formula is C20H21N3O7S.